The third kappa shape index (κ3) is 3.15. The van der Waals surface area contributed by atoms with Crippen molar-refractivity contribution in [3.8, 4) is 0 Å². The van der Waals surface area contributed by atoms with Crippen LogP contribution < -0.4 is 4.90 Å². The predicted octanol–water partition coefficient (Wildman–Crippen LogP) is 3.88. The summed E-state index contributed by atoms with van der Waals surface area (Å²) in [5.74, 6) is 0.153. The summed E-state index contributed by atoms with van der Waals surface area (Å²) in [5.41, 5.74) is 4.87. The van der Waals surface area contributed by atoms with Gasteiger partial charge in [-0.3, -0.25) is 4.79 Å². The molecule has 0 N–H and O–H groups in total. The van der Waals surface area contributed by atoms with Crippen LogP contribution in [0.2, 0.25) is 0 Å². The molecule has 2 heteroatoms. The third-order valence-corrected chi connectivity index (χ3v) is 4.21. The van der Waals surface area contributed by atoms with Crippen LogP contribution in [0.5, 0.6) is 0 Å². The van der Waals surface area contributed by atoms with Gasteiger partial charge in [0.25, 0.3) is 0 Å². The zero-order valence-corrected chi connectivity index (χ0v) is 12.5. The van der Waals surface area contributed by atoms with Crippen LogP contribution in [-0.2, 0) is 12.8 Å². The standard InChI is InChI=1S/C19H21NO/c1-15(21)17-9-10-19-18(14-17)11-13-20(19)12-5-8-16-6-3-2-4-7-16/h2-4,6-7,9-10,14H,5,8,11-13H2,1H3. The van der Waals surface area contributed by atoms with Crippen LogP contribution in [-0.4, -0.2) is 18.9 Å². The number of benzene rings is 2. The van der Waals surface area contributed by atoms with Crippen molar-refractivity contribution in [3.63, 3.8) is 0 Å². The molecule has 0 amide bonds. The van der Waals surface area contributed by atoms with Crippen LogP contribution in [0.1, 0.15) is 34.8 Å². The molecule has 2 aromatic carbocycles. The van der Waals surface area contributed by atoms with Crippen LogP contribution in [0.3, 0.4) is 0 Å². The number of aryl methyl sites for hydroxylation is 1. The summed E-state index contributed by atoms with van der Waals surface area (Å²) in [7, 11) is 0. The quantitative estimate of drug-likeness (QED) is 0.774. The highest BCUT2D eigenvalue weighted by atomic mass is 16.1. The number of hydrogen-bond donors (Lipinski definition) is 0. The van der Waals surface area contributed by atoms with E-state index in [1.54, 1.807) is 6.92 Å². The van der Waals surface area contributed by atoms with Gasteiger partial charge in [0.15, 0.2) is 5.78 Å². The van der Waals surface area contributed by atoms with Gasteiger partial charge in [-0.05, 0) is 55.5 Å². The Bertz CT molecular complexity index is 633. The van der Waals surface area contributed by atoms with E-state index in [1.807, 2.05) is 6.07 Å². The second-order valence-electron chi connectivity index (χ2n) is 5.73. The fourth-order valence-electron chi connectivity index (χ4n) is 3.04. The Labute approximate surface area is 126 Å². The molecule has 0 fully saturated rings. The molecule has 1 aliphatic heterocycles. The first-order valence-corrected chi connectivity index (χ1v) is 7.67. The van der Waals surface area contributed by atoms with Gasteiger partial charge in [-0.25, -0.2) is 0 Å². The Kier molecular flexibility index (Phi) is 4.05. The maximum Gasteiger partial charge on any atom is 0.159 e. The Hall–Kier alpha value is -2.09. The number of hydrogen-bond acceptors (Lipinski definition) is 2. The molecule has 1 aliphatic rings. The second kappa shape index (κ2) is 6.13. The van der Waals surface area contributed by atoms with E-state index in [9.17, 15) is 4.79 Å². The first kappa shape index (κ1) is 13.9. The van der Waals surface area contributed by atoms with Gasteiger partial charge in [0.05, 0.1) is 0 Å². The van der Waals surface area contributed by atoms with Crippen LogP contribution >= 0.6 is 0 Å². The molecule has 0 saturated heterocycles. The molecule has 1 heterocycles. The molecular formula is C19H21NO. The number of rotatable bonds is 5. The monoisotopic (exact) mass is 279 g/mol. The number of carbonyl (C=O) groups is 1. The SMILES string of the molecule is CC(=O)c1ccc2c(c1)CCN2CCCc1ccccc1. The first-order chi connectivity index (χ1) is 10.2. The third-order valence-electron chi connectivity index (χ3n) is 4.21. The lowest BCUT2D eigenvalue weighted by Gasteiger charge is -2.19. The predicted molar refractivity (Wildman–Crippen MR) is 87.1 cm³/mol. The van der Waals surface area contributed by atoms with Crippen molar-refractivity contribution >= 4 is 11.5 Å². The molecule has 2 nitrogen and oxygen atoms in total. The molecule has 21 heavy (non-hydrogen) atoms. The molecule has 0 aliphatic carbocycles. The highest BCUT2D eigenvalue weighted by Crippen LogP contribution is 2.29. The van der Waals surface area contributed by atoms with Crippen LogP contribution in [0.4, 0.5) is 5.69 Å². The smallest absolute Gasteiger partial charge is 0.159 e. The number of nitrogens with zero attached hydrogens (tertiary/aromatic N) is 1. The number of carbonyl (C=O) groups excluding carboxylic acids is 1. The summed E-state index contributed by atoms with van der Waals surface area (Å²) in [6, 6.07) is 16.8. The van der Waals surface area contributed by atoms with Crippen molar-refractivity contribution in [1.29, 1.82) is 0 Å². The van der Waals surface area contributed by atoms with Gasteiger partial charge in [-0.2, -0.15) is 0 Å². The number of anilines is 1. The van der Waals surface area contributed by atoms with Gasteiger partial charge < -0.3 is 4.90 Å². The Morgan fingerprint density at radius 2 is 1.95 bits per heavy atom. The number of Topliss-reactive ketones (excluding diaryl/α,β-unsaturated/α-hetero) is 1. The minimum Gasteiger partial charge on any atom is -0.371 e. The van der Waals surface area contributed by atoms with Gasteiger partial charge in [-0.15, -0.1) is 0 Å². The second-order valence-corrected chi connectivity index (χ2v) is 5.73. The van der Waals surface area contributed by atoms with Crippen molar-refractivity contribution in [2.24, 2.45) is 0 Å². The lowest BCUT2D eigenvalue weighted by molar-refractivity contribution is 0.101. The Morgan fingerprint density at radius 3 is 2.71 bits per heavy atom. The normalized spacial score (nSPS) is 13.3. The molecule has 0 aromatic heterocycles. The summed E-state index contributed by atoms with van der Waals surface area (Å²) in [5, 5.41) is 0. The van der Waals surface area contributed by atoms with Crippen LogP contribution in [0, 0.1) is 0 Å². The molecule has 108 valence electrons. The van der Waals surface area contributed by atoms with Crippen molar-refractivity contribution in [2.75, 3.05) is 18.0 Å². The van der Waals surface area contributed by atoms with E-state index in [1.165, 1.54) is 16.8 Å². The Balaban J connectivity index is 1.61. The summed E-state index contributed by atoms with van der Waals surface area (Å²) < 4.78 is 0. The van der Waals surface area contributed by atoms with Gasteiger partial charge in [0.2, 0.25) is 0 Å². The topological polar surface area (TPSA) is 20.3 Å². The summed E-state index contributed by atoms with van der Waals surface area (Å²) in [6.07, 6.45) is 3.35. The highest BCUT2D eigenvalue weighted by molar-refractivity contribution is 5.94. The molecule has 0 atom stereocenters. The molecule has 0 unspecified atom stereocenters. The van der Waals surface area contributed by atoms with Gasteiger partial charge in [-0.1, -0.05) is 30.3 Å². The molecule has 0 saturated carbocycles. The molecule has 3 rings (SSSR count). The minimum atomic E-state index is 0.153. The van der Waals surface area contributed by atoms with E-state index in [4.69, 9.17) is 0 Å². The largest absolute Gasteiger partial charge is 0.371 e. The maximum absolute atomic E-state index is 11.4. The molecule has 0 bridgehead atoms. The van der Waals surface area contributed by atoms with Crippen molar-refractivity contribution in [1.82, 2.24) is 0 Å². The number of ketones is 1. The van der Waals surface area contributed by atoms with Crippen molar-refractivity contribution in [3.05, 3.63) is 65.2 Å². The van der Waals surface area contributed by atoms with Crippen molar-refractivity contribution < 1.29 is 4.79 Å². The summed E-state index contributed by atoms with van der Waals surface area (Å²) in [6.45, 7) is 3.79. The highest BCUT2D eigenvalue weighted by Gasteiger charge is 2.19. The fourth-order valence-corrected chi connectivity index (χ4v) is 3.04. The van der Waals surface area contributed by atoms with E-state index in [2.05, 4.69) is 47.4 Å². The van der Waals surface area contributed by atoms with E-state index in [0.29, 0.717) is 0 Å². The van der Waals surface area contributed by atoms with Gasteiger partial charge in [0.1, 0.15) is 0 Å². The van der Waals surface area contributed by atoms with Gasteiger partial charge >= 0.3 is 0 Å². The maximum atomic E-state index is 11.4. The number of fused-ring (bicyclic) bond motifs is 1. The molecule has 0 spiro atoms. The lowest BCUT2D eigenvalue weighted by Crippen LogP contribution is -2.22. The molecular weight excluding hydrogens is 258 g/mol. The van der Waals surface area contributed by atoms with Crippen LogP contribution in [0.15, 0.2) is 48.5 Å². The zero-order chi connectivity index (χ0) is 14.7. The van der Waals surface area contributed by atoms with E-state index in [-0.39, 0.29) is 5.78 Å². The van der Waals surface area contributed by atoms with Crippen molar-refractivity contribution in [2.45, 2.75) is 26.2 Å². The minimum absolute atomic E-state index is 0.153. The first-order valence-electron chi connectivity index (χ1n) is 7.67. The Morgan fingerprint density at radius 1 is 1.14 bits per heavy atom. The van der Waals surface area contributed by atoms with E-state index >= 15 is 0 Å². The fraction of sp³-hybridized carbons (Fsp3) is 0.316. The van der Waals surface area contributed by atoms with E-state index < -0.39 is 0 Å². The average Bonchev–Trinajstić information content (AvgIpc) is 2.91. The average molecular weight is 279 g/mol. The summed E-state index contributed by atoms with van der Waals surface area (Å²) >= 11 is 0. The van der Waals surface area contributed by atoms with E-state index in [0.717, 1.165) is 37.9 Å². The van der Waals surface area contributed by atoms with Gasteiger partial charge in [0, 0.05) is 24.3 Å². The lowest BCUT2D eigenvalue weighted by atomic mass is 10.1. The zero-order valence-electron chi connectivity index (χ0n) is 12.5. The van der Waals surface area contributed by atoms with Crippen LogP contribution in [0.25, 0.3) is 0 Å². The summed E-state index contributed by atoms with van der Waals surface area (Å²) in [4.78, 5) is 13.9. The molecule has 0 radical (unpaired) electrons. The molecule has 2 aromatic rings.